The van der Waals surface area contributed by atoms with E-state index in [4.69, 9.17) is 4.74 Å². The second kappa shape index (κ2) is 7.24. The molecule has 0 aromatic heterocycles. The third kappa shape index (κ3) is 3.87. The lowest BCUT2D eigenvalue weighted by molar-refractivity contribution is -0.154. The van der Waals surface area contributed by atoms with Crippen LogP contribution in [0.5, 0.6) is 0 Å². The van der Waals surface area contributed by atoms with Crippen LogP contribution in [-0.4, -0.2) is 36.7 Å². The van der Waals surface area contributed by atoms with Crippen molar-refractivity contribution in [3.8, 4) is 0 Å². The van der Waals surface area contributed by atoms with E-state index in [0.29, 0.717) is 26.1 Å². The van der Waals surface area contributed by atoms with Crippen LogP contribution in [0.1, 0.15) is 31.2 Å². The van der Waals surface area contributed by atoms with Crippen LogP contribution in [0.4, 0.5) is 0 Å². The normalized spacial score (nSPS) is 18.5. The van der Waals surface area contributed by atoms with Gasteiger partial charge in [0.1, 0.15) is 0 Å². The molecular formula is C16H20BrNO4. The highest BCUT2D eigenvalue weighted by Gasteiger charge is 2.40. The number of hydrogen-bond acceptors (Lipinski definition) is 3. The third-order valence-electron chi connectivity index (χ3n) is 4.27. The molecular weight excluding hydrogens is 350 g/mol. The summed E-state index contributed by atoms with van der Waals surface area (Å²) in [5, 5.41) is 12.3. The number of carboxylic acids is 1. The lowest BCUT2D eigenvalue weighted by Crippen LogP contribution is -2.47. The Bertz CT molecular complexity index is 538. The molecule has 1 aromatic rings. The van der Waals surface area contributed by atoms with Gasteiger partial charge < -0.3 is 15.2 Å². The van der Waals surface area contributed by atoms with Crippen molar-refractivity contribution in [3.05, 3.63) is 34.3 Å². The molecule has 6 heteroatoms. The molecule has 2 N–H and O–H groups in total. The Morgan fingerprint density at radius 3 is 2.45 bits per heavy atom. The number of hydrogen-bond donors (Lipinski definition) is 2. The van der Waals surface area contributed by atoms with Crippen LogP contribution in [0, 0.1) is 5.41 Å². The van der Waals surface area contributed by atoms with Crippen LogP contribution in [-0.2, 0) is 14.3 Å². The van der Waals surface area contributed by atoms with Gasteiger partial charge in [0.05, 0.1) is 11.3 Å². The van der Waals surface area contributed by atoms with Crippen molar-refractivity contribution in [3.63, 3.8) is 0 Å². The van der Waals surface area contributed by atoms with E-state index in [0.717, 1.165) is 10.0 Å². The quantitative estimate of drug-likeness (QED) is 0.835. The first kappa shape index (κ1) is 17.0. The lowest BCUT2D eigenvalue weighted by atomic mass is 9.80. The fraction of sp³-hybridized carbons (Fsp3) is 0.500. The maximum Gasteiger partial charge on any atom is 0.311 e. The summed E-state index contributed by atoms with van der Waals surface area (Å²) in [6, 6.07) is 7.54. The number of carboxylic acid groups (broad SMARTS) is 1. The van der Waals surface area contributed by atoms with Gasteiger partial charge in [-0.15, -0.1) is 0 Å². The first-order chi connectivity index (χ1) is 10.4. The van der Waals surface area contributed by atoms with Crippen LogP contribution in [0.25, 0.3) is 0 Å². The SMILES string of the molecule is CC(C(=O)NCC1(C(=O)O)CCOCC1)c1ccc(Br)cc1. The summed E-state index contributed by atoms with van der Waals surface area (Å²) >= 11 is 3.36. The summed E-state index contributed by atoms with van der Waals surface area (Å²) in [7, 11) is 0. The maximum atomic E-state index is 12.3. The Labute approximate surface area is 138 Å². The van der Waals surface area contributed by atoms with Gasteiger partial charge in [0.2, 0.25) is 5.91 Å². The topological polar surface area (TPSA) is 75.6 Å². The number of aliphatic carboxylic acids is 1. The largest absolute Gasteiger partial charge is 0.481 e. The molecule has 1 unspecified atom stereocenters. The van der Waals surface area contributed by atoms with Crippen molar-refractivity contribution >= 4 is 27.8 Å². The zero-order valence-electron chi connectivity index (χ0n) is 12.5. The molecule has 1 aromatic carbocycles. The van der Waals surface area contributed by atoms with Gasteiger partial charge in [-0.25, -0.2) is 0 Å². The van der Waals surface area contributed by atoms with Gasteiger partial charge in [0.15, 0.2) is 0 Å². The average molecular weight is 370 g/mol. The number of ether oxygens (including phenoxy) is 1. The van der Waals surface area contributed by atoms with E-state index in [9.17, 15) is 14.7 Å². The Hall–Kier alpha value is -1.40. The van der Waals surface area contributed by atoms with Gasteiger partial charge in [0.25, 0.3) is 0 Å². The number of benzene rings is 1. The number of amides is 1. The van der Waals surface area contributed by atoms with Crippen molar-refractivity contribution < 1.29 is 19.4 Å². The first-order valence-corrected chi connectivity index (χ1v) is 8.08. The molecule has 1 atom stereocenters. The maximum absolute atomic E-state index is 12.3. The molecule has 2 rings (SSSR count). The molecule has 1 aliphatic heterocycles. The predicted molar refractivity (Wildman–Crippen MR) is 85.7 cm³/mol. The minimum absolute atomic E-state index is 0.144. The summed E-state index contributed by atoms with van der Waals surface area (Å²) in [5.41, 5.74) is -0.00933. The Morgan fingerprint density at radius 2 is 1.91 bits per heavy atom. The molecule has 22 heavy (non-hydrogen) atoms. The van der Waals surface area contributed by atoms with Crippen LogP contribution in [0.3, 0.4) is 0 Å². The van der Waals surface area contributed by atoms with E-state index in [1.54, 1.807) is 0 Å². The van der Waals surface area contributed by atoms with Gasteiger partial charge in [-0.1, -0.05) is 28.1 Å². The molecule has 120 valence electrons. The van der Waals surface area contributed by atoms with Gasteiger partial charge in [-0.3, -0.25) is 9.59 Å². The first-order valence-electron chi connectivity index (χ1n) is 7.29. The minimum atomic E-state index is -0.909. The highest BCUT2D eigenvalue weighted by molar-refractivity contribution is 9.10. The number of carbonyl (C=O) groups excluding carboxylic acids is 1. The summed E-state index contributed by atoms with van der Waals surface area (Å²) < 4.78 is 6.18. The van der Waals surface area contributed by atoms with Crippen LogP contribution < -0.4 is 5.32 Å². The summed E-state index contributed by atoms with van der Waals surface area (Å²) in [4.78, 5) is 23.8. The van der Waals surface area contributed by atoms with Crippen LogP contribution in [0.15, 0.2) is 28.7 Å². The monoisotopic (exact) mass is 369 g/mol. The Morgan fingerprint density at radius 1 is 1.32 bits per heavy atom. The Balaban J connectivity index is 1.98. The smallest absolute Gasteiger partial charge is 0.311 e. The van der Waals surface area contributed by atoms with Crippen LogP contribution in [0.2, 0.25) is 0 Å². The number of carbonyl (C=O) groups is 2. The minimum Gasteiger partial charge on any atom is -0.481 e. The summed E-state index contributed by atoms with van der Waals surface area (Å²) in [5.74, 6) is -1.35. The van der Waals surface area contributed by atoms with Gasteiger partial charge in [-0.05, 0) is 37.5 Å². The molecule has 1 saturated heterocycles. The van der Waals surface area contributed by atoms with Gasteiger partial charge in [0, 0.05) is 24.2 Å². The van der Waals surface area contributed by atoms with Crippen molar-refractivity contribution in [2.75, 3.05) is 19.8 Å². The second-order valence-electron chi connectivity index (χ2n) is 5.69. The molecule has 0 radical (unpaired) electrons. The molecule has 0 spiro atoms. The molecule has 5 nitrogen and oxygen atoms in total. The molecule has 1 heterocycles. The van der Waals surface area contributed by atoms with Gasteiger partial charge >= 0.3 is 5.97 Å². The third-order valence-corrected chi connectivity index (χ3v) is 4.80. The van der Waals surface area contributed by atoms with Crippen molar-refractivity contribution in [2.24, 2.45) is 5.41 Å². The van der Waals surface area contributed by atoms with E-state index in [2.05, 4.69) is 21.2 Å². The molecule has 1 amide bonds. The van der Waals surface area contributed by atoms with E-state index < -0.39 is 11.4 Å². The number of rotatable bonds is 5. The summed E-state index contributed by atoms with van der Waals surface area (Å²) in [6.45, 7) is 2.80. The van der Waals surface area contributed by atoms with Gasteiger partial charge in [-0.2, -0.15) is 0 Å². The zero-order chi connectivity index (χ0) is 16.2. The Kier molecular flexibility index (Phi) is 5.58. The highest BCUT2D eigenvalue weighted by atomic mass is 79.9. The highest BCUT2D eigenvalue weighted by Crippen LogP contribution is 2.30. The average Bonchev–Trinajstić information content (AvgIpc) is 2.53. The molecule has 0 aliphatic carbocycles. The molecule has 1 aliphatic rings. The zero-order valence-corrected chi connectivity index (χ0v) is 14.1. The fourth-order valence-corrected chi connectivity index (χ4v) is 2.80. The molecule has 0 bridgehead atoms. The van der Waals surface area contributed by atoms with E-state index in [-0.39, 0.29) is 18.4 Å². The van der Waals surface area contributed by atoms with Crippen LogP contribution >= 0.6 is 15.9 Å². The van der Waals surface area contributed by atoms with Crippen molar-refractivity contribution in [2.45, 2.75) is 25.7 Å². The fourth-order valence-electron chi connectivity index (χ4n) is 2.54. The molecule has 0 saturated carbocycles. The summed E-state index contributed by atoms with van der Waals surface area (Å²) in [6.07, 6.45) is 0.852. The van der Waals surface area contributed by atoms with E-state index >= 15 is 0 Å². The number of halogens is 1. The predicted octanol–water partition coefficient (Wildman–Crippen LogP) is 2.55. The lowest BCUT2D eigenvalue weighted by Gasteiger charge is -2.33. The standard InChI is InChI=1S/C16H20BrNO4/c1-11(12-2-4-13(17)5-3-12)14(19)18-10-16(15(20)21)6-8-22-9-7-16/h2-5,11H,6-10H2,1H3,(H,18,19)(H,20,21). The number of nitrogens with one attached hydrogen (secondary N) is 1. The van der Waals surface area contributed by atoms with E-state index in [1.807, 2.05) is 31.2 Å². The van der Waals surface area contributed by atoms with Crippen molar-refractivity contribution in [1.82, 2.24) is 5.32 Å². The van der Waals surface area contributed by atoms with E-state index in [1.165, 1.54) is 0 Å². The molecule has 1 fully saturated rings. The van der Waals surface area contributed by atoms with Crippen molar-refractivity contribution in [1.29, 1.82) is 0 Å². The second-order valence-corrected chi connectivity index (χ2v) is 6.60.